The third-order valence-electron chi connectivity index (χ3n) is 4.17. The number of carbonyl (C=O) groups is 1. The molecule has 0 aliphatic heterocycles. The number of amides is 1. The van der Waals surface area contributed by atoms with Gasteiger partial charge in [-0.2, -0.15) is 0 Å². The lowest BCUT2D eigenvalue weighted by molar-refractivity contribution is -0.127. The molecule has 5 heteroatoms. The first kappa shape index (κ1) is 14.8. The number of hydrogen-bond donors (Lipinski definition) is 3. The van der Waals surface area contributed by atoms with Crippen LogP contribution in [-0.2, 0) is 4.79 Å². The SMILES string of the molecule is CCC(C)(NC(=O)C1CCC(C)CC1)C(N)=NO. The molecule has 0 saturated heterocycles. The zero-order valence-electron chi connectivity index (χ0n) is 11.6. The summed E-state index contributed by atoms with van der Waals surface area (Å²) in [5, 5.41) is 14.7. The number of oxime groups is 1. The molecule has 0 radical (unpaired) electrons. The monoisotopic (exact) mass is 255 g/mol. The van der Waals surface area contributed by atoms with Gasteiger partial charge in [-0.1, -0.05) is 19.0 Å². The molecule has 1 rings (SSSR count). The van der Waals surface area contributed by atoms with Gasteiger partial charge in [0.1, 0.15) is 0 Å². The lowest BCUT2D eigenvalue weighted by Gasteiger charge is -2.32. The first-order valence-corrected chi connectivity index (χ1v) is 6.73. The highest BCUT2D eigenvalue weighted by molar-refractivity contribution is 5.93. The highest BCUT2D eigenvalue weighted by Gasteiger charge is 2.33. The quantitative estimate of drug-likeness (QED) is 0.310. The van der Waals surface area contributed by atoms with Gasteiger partial charge in [0.2, 0.25) is 5.91 Å². The van der Waals surface area contributed by atoms with E-state index in [9.17, 15) is 4.79 Å². The predicted molar refractivity (Wildman–Crippen MR) is 71.4 cm³/mol. The molecule has 0 aromatic heterocycles. The molecule has 4 N–H and O–H groups in total. The van der Waals surface area contributed by atoms with Crippen molar-refractivity contribution >= 4 is 11.7 Å². The summed E-state index contributed by atoms with van der Waals surface area (Å²) in [6.45, 7) is 5.91. The maximum absolute atomic E-state index is 12.2. The van der Waals surface area contributed by atoms with Crippen molar-refractivity contribution in [3.05, 3.63) is 0 Å². The van der Waals surface area contributed by atoms with Gasteiger partial charge in [0.15, 0.2) is 5.84 Å². The molecule has 5 nitrogen and oxygen atoms in total. The molecule has 1 atom stereocenters. The van der Waals surface area contributed by atoms with E-state index in [1.54, 1.807) is 6.92 Å². The Labute approximate surface area is 109 Å². The first-order chi connectivity index (χ1) is 8.42. The standard InChI is InChI=1S/C13H25N3O2/c1-4-13(3,12(14)16-18)15-11(17)10-7-5-9(2)6-8-10/h9-10,18H,4-8H2,1-3H3,(H2,14,16)(H,15,17). The maximum Gasteiger partial charge on any atom is 0.223 e. The van der Waals surface area contributed by atoms with E-state index >= 15 is 0 Å². The minimum absolute atomic E-state index is 0.0258. The van der Waals surface area contributed by atoms with Crippen molar-refractivity contribution in [3.8, 4) is 0 Å². The topological polar surface area (TPSA) is 87.7 Å². The Bertz CT molecular complexity index is 322. The van der Waals surface area contributed by atoms with Crippen LogP contribution in [0.25, 0.3) is 0 Å². The molecule has 0 aromatic rings. The van der Waals surface area contributed by atoms with E-state index in [4.69, 9.17) is 10.9 Å². The van der Waals surface area contributed by atoms with Gasteiger partial charge in [0.05, 0.1) is 5.54 Å². The zero-order chi connectivity index (χ0) is 13.8. The Morgan fingerprint density at radius 3 is 2.44 bits per heavy atom. The molecule has 18 heavy (non-hydrogen) atoms. The van der Waals surface area contributed by atoms with Gasteiger partial charge in [0.25, 0.3) is 0 Å². The second kappa shape index (κ2) is 6.07. The largest absolute Gasteiger partial charge is 0.409 e. The molecule has 1 amide bonds. The summed E-state index contributed by atoms with van der Waals surface area (Å²) in [6.07, 6.45) is 4.67. The fourth-order valence-corrected chi connectivity index (χ4v) is 2.34. The molecule has 0 spiro atoms. The number of nitrogens with zero attached hydrogens (tertiary/aromatic N) is 1. The molecule has 1 aliphatic rings. The molecule has 0 aromatic carbocycles. The molecule has 1 unspecified atom stereocenters. The molecule has 0 heterocycles. The lowest BCUT2D eigenvalue weighted by Crippen LogP contribution is -2.56. The van der Waals surface area contributed by atoms with Crippen molar-refractivity contribution in [3.63, 3.8) is 0 Å². The van der Waals surface area contributed by atoms with Gasteiger partial charge in [-0.15, -0.1) is 0 Å². The number of hydrogen-bond acceptors (Lipinski definition) is 3. The van der Waals surface area contributed by atoms with Crippen molar-refractivity contribution in [2.45, 2.75) is 58.4 Å². The summed E-state index contributed by atoms with van der Waals surface area (Å²) < 4.78 is 0. The number of nitrogens with two attached hydrogens (primary N) is 1. The van der Waals surface area contributed by atoms with Crippen molar-refractivity contribution in [2.24, 2.45) is 22.7 Å². The van der Waals surface area contributed by atoms with Crippen LogP contribution in [0.1, 0.15) is 52.9 Å². The fourth-order valence-electron chi connectivity index (χ4n) is 2.34. The van der Waals surface area contributed by atoms with Crippen LogP contribution < -0.4 is 11.1 Å². The van der Waals surface area contributed by atoms with Crippen LogP contribution in [0, 0.1) is 11.8 Å². The number of amidine groups is 1. The summed E-state index contributed by atoms with van der Waals surface area (Å²) in [6, 6.07) is 0. The van der Waals surface area contributed by atoms with Gasteiger partial charge in [-0.3, -0.25) is 4.79 Å². The minimum atomic E-state index is -0.755. The third kappa shape index (κ3) is 3.37. The van der Waals surface area contributed by atoms with E-state index in [0.717, 1.165) is 31.6 Å². The van der Waals surface area contributed by atoms with Gasteiger partial charge < -0.3 is 16.3 Å². The van der Waals surface area contributed by atoms with Gasteiger partial charge in [-0.25, -0.2) is 0 Å². The zero-order valence-corrected chi connectivity index (χ0v) is 11.6. The van der Waals surface area contributed by atoms with E-state index in [0.29, 0.717) is 6.42 Å². The average Bonchev–Trinajstić information content (AvgIpc) is 2.38. The van der Waals surface area contributed by atoms with Crippen LogP contribution in [0.4, 0.5) is 0 Å². The van der Waals surface area contributed by atoms with Crippen LogP contribution in [0.15, 0.2) is 5.16 Å². The van der Waals surface area contributed by atoms with E-state index in [1.165, 1.54) is 0 Å². The van der Waals surface area contributed by atoms with Crippen molar-refractivity contribution in [1.29, 1.82) is 0 Å². The summed E-state index contributed by atoms with van der Waals surface area (Å²) in [4.78, 5) is 12.2. The fraction of sp³-hybridized carbons (Fsp3) is 0.846. The molecular formula is C13H25N3O2. The number of carbonyl (C=O) groups excluding carboxylic acids is 1. The van der Waals surface area contributed by atoms with Crippen LogP contribution in [0.3, 0.4) is 0 Å². The van der Waals surface area contributed by atoms with Crippen LogP contribution >= 0.6 is 0 Å². The second-order valence-electron chi connectivity index (χ2n) is 5.62. The molecule has 0 bridgehead atoms. The molecule has 1 saturated carbocycles. The molecular weight excluding hydrogens is 230 g/mol. The van der Waals surface area contributed by atoms with Crippen LogP contribution in [-0.4, -0.2) is 22.5 Å². The highest BCUT2D eigenvalue weighted by atomic mass is 16.4. The lowest BCUT2D eigenvalue weighted by atomic mass is 9.82. The minimum Gasteiger partial charge on any atom is -0.409 e. The van der Waals surface area contributed by atoms with Crippen LogP contribution in [0.2, 0.25) is 0 Å². The van der Waals surface area contributed by atoms with E-state index in [-0.39, 0.29) is 17.7 Å². The Balaban J connectivity index is 2.63. The number of nitrogens with one attached hydrogen (secondary N) is 1. The van der Waals surface area contributed by atoms with Crippen LogP contribution in [0.5, 0.6) is 0 Å². The third-order valence-corrected chi connectivity index (χ3v) is 4.17. The van der Waals surface area contributed by atoms with Gasteiger partial charge in [0, 0.05) is 5.92 Å². The Morgan fingerprint density at radius 1 is 1.44 bits per heavy atom. The highest BCUT2D eigenvalue weighted by Crippen LogP contribution is 2.28. The maximum atomic E-state index is 12.2. The Morgan fingerprint density at radius 2 is 2.00 bits per heavy atom. The Hall–Kier alpha value is -1.26. The van der Waals surface area contributed by atoms with Crippen molar-refractivity contribution in [1.82, 2.24) is 5.32 Å². The van der Waals surface area contributed by atoms with Gasteiger partial charge >= 0.3 is 0 Å². The van der Waals surface area contributed by atoms with E-state index < -0.39 is 5.54 Å². The summed E-state index contributed by atoms with van der Waals surface area (Å²) in [5.74, 6) is 0.870. The first-order valence-electron chi connectivity index (χ1n) is 6.73. The summed E-state index contributed by atoms with van der Waals surface area (Å²) >= 11 is 0. The smallest absolute Gasteiger partial charge is 0.223 e. The normalized spacial score (nSPS) is 28.5. The van der Waals surface area contributed by atoms with Gasteiger partial charge in [-0.05, 0) is 44.9 Å². The molecule has 1 aliphatic carbocycles. The predicted octanol–water partition coefficient (Wildman–Crippen LogP) is 1.84. The number of rotatable bonds is 4. The summed E-state index contributed by atoms with van der Waals surface area (Å²) in [7, 11) is 0. The molecule has 104 valence electrons. The van der Waals surface area contributed by atoms with E-state index in [2.05, 4.69) is 17.4 Å². The van der Waals surface area contributed by atoms with E-state index in [1.807, 2.05) is 6.92 Å². The Kier molecular flexibility index (Phi) is 4.99. The van der Waals surface area contributed by atoms with Crippen molar-refractivity contribution in [2.75, 3.05) is 0 Å². The second-order valence-corrected chi connectivity index (χ2v) is 5.62. The average molecular weight is 255 g/mol. The molecule has 1 fully saturated rings. The van der Waals surface area contributed by atoms with Crippen molar-refractivity contribution < 1.29 is 10.0 Å². The summed E-state index contributed by atoms with van der Waals surface area (Å²) in [5.41, 5.74) is 4.89.